The van der Waals surface area contributed by atoms with Gasteiger partial charge in [-0.15, -0.1) is 10.9 Å². The van der Waals surface area contributed by atoms with Crippen molar-refractivity contribution in [3.05, 3.63) is 143 Å². The van der Waals surface area contributed by atoms with Gasteiger partial charge >= 0.3 is 13.7 Å². The summed E-state index contributed by atoms with van der Waals surface area (Å²) in [6.45, 7) is 8.27. The topological polar surface area (TPSA) is 36.9 Å². The molecule has 0 bridgehead atoms. The van der Waals surface area contributed by atoms with Crippen LogP contribution in [0.1, 0.15) is 61.6 Å². The molecule has 0 amide bonds. The second kappa shape index (κ2) is 9.88. The van der Waals surface area contributed by atoms with Crippen LogP contribution in [0.2, 0.25) is 0 Å². The molecule has 4 aromatic rings. The van der Waals surface area contributed by atoms with Crippen LogP contribution < -0.4 is 5.46 Å². The van der Waals surface area contributed by atoms with Crippen LogP contribution in [0.25, 0.3) is 16.7 Å². The molecule has 0 saturated carbocycles. The highest BCUT2D eigenvalue weighted by atomic mass is 16.7. The molecule has 0 aliphatic carbocycles. The monoisotopic (exact) mass is 553 g/mol. The van der Waals surface area contributed by atoms with E-state index < -0.39 is 24.9 Å². The van der Waals surface area contributed by atoms with Crippen LogP contribution in [0.4, 0.5) is 0 Å². The molecule has 1 saturated heterocycles. The molecule has 3 aliphatic heterocycles. The molecule has 1 fully saturated rings. The van der Waals surface area contributed by atoms with Gasteiger partial charge in [0.1, 0.15) is 0 Å². The molecule has 210 valence electrons. The Kier molecular flexibility index (Phi) is 6.36. The predicted molar refractivity (Wildman–Crippen MR) is 172 cm³/mol. The highest BCUT2D eigenvalue weighted by molar-refractivity contribution is 7.05. The molecule has 42 heavy (non-hydrogen) atoms. The number of fused-ring (bicyclic) bond motifs is 2. The van der Waals surface area contributed by atoms with Crippen molar-refractivity contribution in [1.29, 1.82) is 0 Å². The van der Waals surface area contributed by atoms with E-state index in [9.17, 15) is 0 Å². The molecule has 3 aliphatic rings. The molecule has 4 aromatic carbocycles. The molecule has 6 heteroatoms. The summed E-state index contributed by atoms with van der Waals surface area (Å²) in [5.41, 5.74) is 7.26. The van der Waals surface area contributed by atoms with Crippen LogP contribution in [0.5, 0.6) is 0 Å². The van der Waals surface area contributed by atoms with Gasteiger partial charge in [-0.3, -0.25) is 0 Å². The molecular formula is C36H35B2O4-. The quantitative estimate of drug-likeness (QED) is 0.245. The number of hydrogen-bond acceptors (Lipinski definition) is 4. The lowest BCUT2D eigenvalue weighted by molar-refractivity contribution is 0.00578. The zero-order valence-electron chi connectivity index (χ0n) is 24.8. The second-order valence-corrected chi connectivity index (χ2v) is 12.6. The normalized spacial score (nSPS) is 24.0. The van der Waals surface area contributed by atoms with Gasteiger partial charge in [-0.25, -0.2) is 0 Å². The third-order valence-corrected chi connectivity index (χ3v) is 9.30. The highest BCUT2D eigenvalue weighted by Crippen LogP contribution is 2.51. The summed E-state index contributed by atoms with van der Waals surface area (Å²) in [5, 5.41) is 0. The predicted octanol–water partition coefficient (Wildman–Crippen LogP) is 7.57. The fourth-order valence-corrected chi connectivity index (χ4v) is 6.38. The zero-order valence-corrected chi connectivity index (χ0v) is 24.8. The van der Waals surface area contributed by atoms with E-state index in [0.717, 1.165) is 44.4 Å². The average Bonchev–Trinajstić information content (AvgIpc) is 3.39. The maximum absolute atomic E-state index is 7.29. The van der Waals surface area contributed by atoms with Crippen LogP contribution in [0.15, 0.2) is 115 Å². The van der Waals surface area contributed by atoms with Gasteiger partial charge in [-0.2, -0.15) is 0 Å². The summed E-state index contributed by atoms with van der Waals surface area (Å²) in [6.07, 6.45) is 1.76. The van der Waals surface area contributed by atoms with E-state index in [1.165, 1.54) is 5.56 Å². The molecule has 3 heterocycles. The van der Waals surface area contributed by atoms with Gasteiger partial charge in [-0.05, 0) is 51.7 Å². The Balaban J connectivity index is 1.51. The summed E-state index contributed by atoms with van der Waals surface area (Å²) in [4.78, 5) is 0. The average molecular weight is 553 g/mol. The van der Waals surface area contributed by atoms with Crippen molar-refractivity contribution in [2.45, 2.75) is 51.9 Å². The van der Waals surface area contributed by atoms with Gasteiger partial charge in [0.15, 0.2) is 0 Å². The molecule has 0 N–H and O–H groups in total. The van der Waals surface area contributed by atoms with Crippen molar-refractivity contribution < 1.29 is 18.6 Å². The number of aryl methyl sites for hydroxylation is 1. The first-order valence-corrected chi connectivity index (χ1v) is 14.8. The number of benzene rings is 4. The minimum absolute atomic E-state index is 0.332. The van der Waals surface area contributed by atoms with E-state index in [-0.39, 0.29) is 6.10 Å². The highest BCUT2D eigenvalue weighted by Gasteiger charge is 2.57. The maximum atomic E-state index is 7.29. The Morgan fingerprint density at radius 1 is 0.667 bits per heavy atom. The zero-order chi connectivity index (χ0) is 29.1. The van der Waals surface area contributed by atoms with Gasteiger partial charge < -0.3 is 18.6 Å². The van der Waals surface area contributed by atoms with Gasteiger partial charge in [0.2, 0.25) is 0 Å². The summed E-state index contributed by atoms with van der Waals surface area (Å²) in [5.74, 6) is 0.797. The van der Waals surface area contributed by atoms with E-state index in [4.69, 9.17) is 18.6 Å². The summed E-state index contributed by atoms with van der Waals surface area (Å²) in [7, 11) is -0.595. The molecule has 0 radical (unpaired) electrons. The molecule has 0 aromatic heterocycles. The third kappa shape index (κ3) is 4.29. The number of hydrogen-bond donors (Lipinski definition) is 0. The van der Waals surface area contributed by atoms with E-state index in [0.29, 0.717) is 0 Å². The third-order valence-electron chi connectivity index (χ3n) is 9.30. The van der Waals surface area contributed by atoms with Crippen molar-refractivity contribution >= 4 is 35.8 Å². The standard InChI is InChI=1S/C36H35B2O4/c1-25-20-22-28(23-21-25)34-33(37-41-35(2,3)36(4,5)42-37)29-18-12-13-19-30(29)38(34)39-31(26-14-8-6-9-15-26)24-32(40-38)27-16-10-7-11-17-27/h6-24,31H,1-5H3/q-1. The van der Waals surface area contributed by atoms with Crippen LogP contribution in [-0.4, -0.2) is 24.9 Å². The largest absolute Gasteiger partial charge is 0.685 e. The van der Waals surface area contributed by atoms with E-state index in [2.05, 4.69) is 126 Å². The van der Waals surface area contributed by atoms with Crippen molar-refractivity contribution in [2.75, 3.05) is 0 Å². The first-order chi connectivity index (χ1) is 20.2. The van der Waals surface area contributed by atoms with Gasteiger partial charge in [-0.1, -0.05) is 126 Å². The lowest BCUT2D eigenvalue weighted by Crippen LogP contribution is -2.55. The second-order valence-electron chi connectivity index (χ2n) is 12.6. The van der Waals surface area contributed by atoms with Gasteiger partial charge in [0, 0.05) is 5.56 Å². The molecular weight excluding hydrogens is 518 g/mol. The first-order valence-electron chi connectivity index (χ1n) is 14.8. The fourth-order valence-electron chi connectivity index (χ4n) is 6.38. The van der Waals surface area contributed by atoms with E-state index in [1.54, 1.807) is 0 Å². The van der Waals surface area contributed by atoms with Gasteiger partial charge in [0.25, 0.3) is 0 Å². The maximum Gasteiger partial charge on any atom is 0.492 e. The van der Waals surface area contributed by atoms with Crippen molar-refractivity contribution in [3.63, 3.8) is 0 Å². The van der Waals surface area contributed by atoms with Crippen LogP contribution in [0.3, 0.4) is 0 Å². The fraction of sp³-hybridized carbons (Fsp3) is 0.222. The molecule has 2 unspecified atom stereocenters. The first kappa shape index (κ1) is 27.0. The van der Waals surface area contributed by atoms with E-state index in [1.807, 2.05) is 24.3 Å². The Labute approximate surface area is 249 Å². The summed E-state index contributed by atoms with van der Waals surface area (Å²) in [6, 6.07) is 37.7. The van der Waals surface area contributed by atoms with Crippen molar-refractivity contribution in [2.24, 2.45) is 0 Å². The Morgan fingerprint density at radius 2 is 1.26 bits per heavy atom. The molecule has 1 spiro atoms. The minimum Gasteiger partial charge on any atom is -0.685 e. The van der Waals surface area contributed by atoms with E-state index >= 15 is 0 Å². The van der Waals surface area contributed by atoms with Crippen LogP contribution in [0, 0.1) is 6.92 Å². The summed E-state index contributed by atoms with van der Waals surface area (Å²) < 4.78 is 28.0. The smallest absolute Gasteiger partial charge is 0.492 e. The lowest BCUT2D eigenvalue weighted by Gasteiger charge is -2.49. The lowest BCUT2D eigenvalue weighted by atomic mass is 9.45. The van der Waals surface area contributed by atoms with Crippen molar-refractivity contribution in [1.82, 2.24) is 0 Å². The summed E-state index contributed by atoms with van der Waals surface area (Å²) >= 11 is 0. The Morgan fingerprint density at radius 3 is 1.93 bits per heavy atom. The molecule has 4 nitrogen and oxygen atoms in total. The minimum atomic E-state index is -2.21. The molecule has 2 atom stereocenters. The van der Waals surface area contributed by atoms with Crippen LogP contribution in [-0.2, 0) is 18.6 Å². The Hall–Kier alpha value is -3.83. The van der Waals surface area contributed by atoms with Gasteiger partial charge in [0.05, 0.1) is 23.1 Å². The number of rotatable bonds is 4. The van der Waals surface area contributed by atoms with Crippen molar-refractivity contribution in [3.8, 4) is 0 Å². The van der Waals surface area contributed by atoms with Crippen LogP contribution >= 0.6 is 0 Å². The SMILES string of the molecule is Cc1ccc(C2=C(B3OC(C)(C)C(C)(C)O3)c3ccccc3[B-]23OC(c2ccccc2)=CC(c2ccccc2)O3)cc1. The molecule has 7 rings (SSSR count). The Bertz CT molecular complexity index is 1680.